The molecule has 2 rings (SSSR count). The number of aliphatic hydroxyl groups excluding tert-OH is 1. The second-order valence-electron chi connectivity index (χ2n) is 5.52. The Hall–Kier alpha value is -0.610. The molecule has 17 heavy (non-hydrogen) atoms. The first-order valence-electron chi connectivity index (χ1n) is 6.84. The molecular formula is C13H24N2O2. The van der Waals surface area contributed by atoms with Gasteiger partial charge in [0.25, 0.3) is 0 Å². The molecule has 4 nitrogen and oxygen atoms in total. The Morgan fingerprint density at radius 3 is 2.76 bits per heavy atom. The lowest BCUT2D eigenvalue weighted by Gasteiger charge is -2.20. The average molecular weight is 240 g/mol. The Balaban J connectivity index is 1.76. The molecule has 2 aliphatic rings. The van der Waals surface area contributed by atoms with Gasteiger partial charge in [0, 0.05) is 19.2 Å². The summed E-state index contributed by atoms with van der Waals surface area (Å²) in [5, 5.41) is 15.6. The molecule has 0 aromatic heterocycles. The maximum atomic E-state index is 12.0. The van der Waals surface area contributed by atoms with E-state index in [0.29, 0.717) is 17.9 Å². The third-order valence-corrected chi connectivity index (χ3v) is 4.45. The highest BCUT2D eigenvalue weighted by molar-refractivity contribution is 5.79. The number of carbonyl (C=O) groups excluding carboxylic acids is 1. The SMILES string of the molecule is CC1NCCC1C(=O)NCC1CCCC1CO. The first kappa shape index (κ1) is 12.8. The quantitative estimate of drug-likeness (QED) is 0.671. The van der Waals surface area contributed by atoms with E-state index in [0.717, 1.165) is 32.4 Å². The van der Waals surface area contributed by atoms with Gasteiger partial charge in [-0.2, -0.15) is 0 Å². The number of hydrogen-bond acceptors (Lipinski definition) is 3. The Morgan fingerprint density at radius 2 is 2.12 bits per heavy atom. The summed E-state index contributed by atoms with van der Waals surface area (Å²) in [7, 11) is 0. The maximum Gasteiger partial charge on any atom is 0.224 e. The van der Waals surface area contributed by atoms with Crippen molar-refractivity contribution in [2.24, 2.45) is 17.8 Å². The number of hydrogen-bond donors (Lipinski definition) is 3. The van der Waals surface area contributed by atoms with Gasteiger partial charge in [0.2, 0.25) is 5.91 Å². The number of amides is 1. The third-order valence-electron chi connectivity index (χ3n) is 4.45. The Morgan fingerprint density at radius 1 is 1.35 bits per heavy atom. The van der Waals surface area contributed by atoms with Crippen LogP contribution in [0.25, 0.3) is 0 Å². The lowest BCUT2D eigenvalue weighted by atomic mass is 9.96. The van der Waals surface area contributed by atoms with E-state index in [9.17, 15) is 9.90 Å². The van der Waals surface area contributed by atoms with Crippen molar-refractivity contribution < 1.29 is 9.90 Å². The van der Waals surface area contributed by atoms with Crippen molar-refractivity contribution in [2.45, 2.75) is 38.6 Å². The highest BCUT2D eigenvalue weighted by atomic mass is 16.3. The molecule has 1 aliphatic heterocycles. The summed E-state index contributed by atoms with van der Waals surface area (Å²) in [6.45, 7) is 4.03. The molecule has 0 spiro atoms. The minimum Gasteiger partial charge on any atom is -0.396 e. The van der Waals surface area contributed by atoms with Crippen LogP contribution >= 0.6 is 0 Å². The first-order chi connectivity index (χ1) is 8.22. The molecule has 4 heteroatoms. The van der Waals surface area contributed by atoms with Crippen LogP contribution in [-0.2, 0) is 4.79 Å². The largest absolute Gasteiger partial charge is 0.396 e. The molecule has 0 radical (unpaired) electrons. The van der Waals surface area contributed by atoms with Gasteiger partial charge in [-0.3, -0.25) is 4.79 Å². The van der Waals surface area contributed by atoms with Crippen LogP contribution in [0.4, 0.5) is 0 Å². The second-order valence-corrected chi connectivity index (χ2v) is 5.52. The lowest BCUT2D eigenvalue weighted by Crippen LogP contribution is -2.39. The molecule has 1 saturated heterocycles. The van der Waals surface area contributed by atoms with Gasteiger partial charge in [0.1, 0.15) is 0 Å². The van der Waals surface area contributed by atoms with Gasteiger partial charge in [-0.05, 0) is 44.6 Å². The van der Waals surface area contributed by atoms with E-state index in [1.165, 1.54) is 6.42 Å². The Bertz CT molecular complexity index is 270. The lowest BCUT2D eigenvalue weighted by molar-refractivity contribution is -0.125. The van der Waals surface area contributed by atoms with Crippen LogP contribution in [0.2, 0.25) is 0 Å². The highest BCUT2D eigenvalue weighted by Gasteiger charge is 2.31. The van der Waals surface area contributed by atoms with Crippen LogP contribution in [0.15, 0.2) is 0 Å². The Kier molecular flexibility index (Phi) is 4.40. The van der Waals surface area contributed by atoms with Gasteiger partial charge >= 0.3 is 0 Å². The normalized spacial score (nSPS) is 37.3. The third kappa shape index (κ3) is 2.99. The maximum absolute atomic E-state index is 12.0. The zero-order chi connectivity index (χ0) is 12.3. The zero-order valence-corrected chi connectivity index (χ0v) is 10.6. The van der Waals surface area contributed by atoms with E-state index in [-0.39, 0.29) is 18.4 Å². The molecule has 1 saturated carbocycles. The summed E-state index contributed by atoms with van der Waals surface area (Å²) in [5.41, 5.74) is 0. The van der Waals surface area contributed by atoms with Gasteiger partial charge in [-0.15, -0.1) is 0 Å². The minimum atomic E-state index is 0.129. The molecule has 4 atom stereocenters. The molecule has 2 fully saturated rings. The van der Waals surface area contributed by atoms with E-state index in [1.54, 1.807) is 0 Å². The number of aliphatic hydroxyl groups is 1. The number of rotatable bonds is 4. The highest BCUT2D eigenvalue weighted by Crippen LogP contribution is 2.30. The van der Waals surface area contributed by atoms with Crippen LogP contribution in [0, 0.1) is 17.8 Å². The first-order valence-corrected chi connectivity index (χ1v) is 6.84. The van der Waals surface area contributed by atoms with Gasteiger partial charge < -0.3 is 15.7 Å². The van der Waals surface area contributed by atoms with Crippen molar-refractivity contribution in [3.05, 3.63) is 0 Å². The molecule has 1 aliphatic carbocycles. The summed E-state index contributed by atoms with van der Waals surface area (Å²) < 4.78 is 0. The molecule has 0 bridgehead atoms. The van der Waals surface area contributed by atoms with Crippen LogP contribution in [0.3, 0.4) is 0 Å². The van der Waals surface area contributed by atoms with E-state index >= 15 is 0 Å². The standard InChI is InChI=1S/C13H24N2O2/c1-9-12(5-6-14-9)13(17)15-7-10-3-2-4-11(10)8-16/h9-12,14,16H,2-8H2,1H3,(H,15,17). The fourth-order valence-corrected chi connectivity index (χ4v) is 3.20. The minimum absolute atomic E-state index is 0.129. The molecule has 98 valence electrons. The van der Waals surface area contributed by atoms with Crippen molar-refractivity contribution >= 4 is 5.91 Å². The average Bonchev–Trinajstić information content (AvgIpc) is 2.94. The van der Waals surface area contributed by atoms with E-state index < -0.39 is 0 Å². The van der Waals surface area contributed by atoms with Crippen LogP contribution in [0.1, 0.15) is 32.6 Å². The van der Waals surface area contributed by atoms with Gasteiger partial charge in [-0.25, -0.2) is 0 Å². The van der Waals surface area contributed by atoms with E-state index in [4.69, 9.17) is 0 Å². The molecule has 4 unspecified atom stereocenters. The summed E-state index contributed by atoms with van der Waals surface area (Å²) in [5.74, 6) is 1.19. The molecule has 3 N–H and O–H groups in total. The number of nitrogens with one attached hydrogen (secondary N) is 2. The van der Waals surface area contributed by atoms with Crippen LogP contribution in [-0.4, -0.2) is 36.8 Å². The predicted octanol–water partition coefficient (Wildman–Crippen LogP) is 0.509. The van der Waals surface area contributed by atoms with Gasteiger partial charge in [0.15, 0.2) is 0 Å². The predicted molar refractivity (Wildman–Crippen MR) is 66.5 cm³/mol. The van der Waals surface area contributed by atoms with Crippen LogP contribution < -0.4 is 10.6 Å². The second kappa shape index (κ2) is 5.83. The summed E-state index contributed by atoms with van der Waals surface area (Å²) in [4.78, 5) is 12.0. The van der Waals surface area contributed by atoms with Crippen molar-refractivity contribution in [1.29, 1.82) is 0 Å². The van der Waals surface area contributed by atoms with Gasteiger partial charge in [-0.1, -0.05) is 6.42 Å². The fourth-order valence-electron chi connectivity index (χ4n) is 3.20. The van der Waals surface area contributed by atoms with Crippen molar-refractivity contribution in [2.75, 3.05) is 19.7 Å². The van der Waals surface area contributed by atoms with Gasteiger partial charge in [0.05, 0.1) is 5.92 Å². The molecule has 0 aromatic carbocycles. The molecule has 1 heterocycles. The summed E-state index contributed by atoms with van der Waals surface area (Å²) in [6.07, 6.45) is 4.39. The van der Waals surface area contributed by atoms with Crippen molar-refractivity contribution in [3.63, 3.8) is 0 Å². The zero-order valence-electron chi connectivity index (χ0n) is 10.6. The topological polar surface area (TPSA) is 61.4 Å². The van der Waals surface area contributed by atoms with E-state index in [1.807, 2.05) is 0 Å². The van der Waals surface area contributed by atoms with Crippen LogP contribution in [0.5, 0.6) is 0 Å². The van der Waals surface area contributed by atoms with Crippen molar-refractivity contribution in [1.82, 2.24) is 10.6 Å². The van der Waals surface area contributed by atoms with E-state index in [2.05, 4.69) is 17.6 Å². The fraction of sp³-hybridized carbons (Fsp3) is 0.923. The molecule has 0 aromatic rings. The van der Waals surface area contributed by atoms with Crippen molar-refractivity contribution in [3.8, 4) is 0 Å². The summed E-state index contributed by atoms with van der Waals surface area (Å²) >= 11 is 0. The number of carbonyl (C=O) groups is 1. The Labute approximate surface area is 103 Å². The summed E-state index contributed by atoms with van der Waals surface area (Å²) in [6, 6.07) is 0.298. The molecular weight excluding hydrogens is 216 g/mol. The smallest absolute Gasteiger partial charge is 0.224 e. The monoisotopic (exact) mass is 240 g/mol. The molecule has 1 amide bonds.